The Morgan fingerprint density at radius 1 is 1.37 bits per heavy atom. The van der Waals surface area contributed by atoms with Crippen LogP contribution in [0.2, 0.25) is 0 Å². The van der Waals surface area contributed by atoms with Crippen LogP contribution in [0.3, 0.4) is 0 Å². The zero-order valence-electron chi connectivity index (χ0n) is 11.0. The Labute approximate surface area is 111 Å². The second-order valence-corrected chi connectivity index (χ2v) is 5.08. The first-order chi connectivity index (χ1) is 9.22. The van der Waals surface area contributed by atoms with Crippen molar-refractivity contribution in [2.45, 2.75) is 18.8 Å². The predicted molar refractivity (Wildman–Crippen MR) is 76.3 cm³/mol. The molecule has 4 nitrogen and oxygen atoms in total. The molecule has 0 atom stereocenters. The number of aryl methyl sites for hydroxylation is 1. The number of aromatic amines is 1. The molecule has 0 saturated carbocycles. The van der Waals surface area contributed by atoms with Crippen LogP contribution < -0.4 is 11.0 Å². The monoisotopic (exact) mass is 255 g/mol. The van der Waals surface area contributed by atoms with Crippen molar-refractivity contribution >= 4 is 11.0 Å². The summed E-state index contributed by atoms with van der Waals surface area (Å²) >= 11 is 0. The summed E-state index contributed by atoms with van der Waals surface area (Å²) in [4.78, 5) is 14.6. The average Bonchev–Trinajstić information content (AvgIpc) is 2.74. The smallest absolute Gasteiger partial charge is 0.317 e. The average molecular weight is 255 g/mol. The molecule has 19 heavy (non-hydrogen) atoms. The number of nitrogens with zero attached hydrogens (tertiary/aromatic N) is 1. The van der Waals surface area contributed by atoms with E-state index in [0.717, 1.165) is 42.5 Å². The first-order valence-corrected chi connectivity index (χ1v) is 6.61. The Morgan fingerprint density at radius 3 is 2.79 bits per heavy atom. The van der Waals surface area contributed by atoms with Gasteiger partial charge in [-0.25, -0.2) is 4.79 Å². The lowest BCUT2D eigenvalue weighted by molar-refractivity contribution is 0.460. The van der Waals surface area contributed by atoms with E-state index >= 15 is 0 Å². The lowest BCUT2D eigenvalue weighted by Gasteiger charge is -2.24. The van der Waals surface area contributed by atoms with Crippen molar-refractivity contribution in [1.82, 2.24) is 14.9 Å². The number of benzene rings is 1. The number of terminal acetylenes is 1. The van der Waals surface area contributed by atoms with E-state index in [1.165, 1.54) is 5.56 Å². The third-order valence-electron chi connectivity index (χ3n) is 4.02. The SMILES string of the molecule is C#Cc1c(C2CCNCC2)ccc2[nH]c(=O)n(C)c12. The quantitative estimate of drug-likeness (QED) is 0.755. The Hall–Kier alpha value is -1.99. The van der Waals surface area contributed by atoms with E-state index in [-0.39, 0.29) is 5.69 Å². The van der Waals surface area contributed by atoms with Crippen molar-refractivity contribution in [2.75, 3.05) is 13.1 Å². The predicted octanol–water partition coefficient (Wildman–Crippen LogP) is 1.31. The summed E-state index contributed by atoms with van der Waals surface area (Å²) in [6.45, 7) is 2.05. The summed E-state index contributed by atoms with van der Waals surface area (Å²) in [7, 11) is 1.76. The van der Waals surface area contributed by atoms with Crippen molar-refractivity contribution < 1.29 is 0 Å². The molecule has 1 saturated heterocycles. The minimum absolute atomic E-state index is 0.117. The molecule has 0 aliphatic carbocycles. The van der Waals surface area contributed by atoms with Crippen molar-refractivity contribution in [1.29, 1.82) is 0 Å². The highest BCUT2D eigenvalue weighted by molar-refractivity contribution is 5.83. The van der Waals surface area contributed by atoms with E-state index in [1.54, 1.807) is 11.6 Å². The lowest BCUT2D eigenvalue weighted by atomic mass is 9.87. The molecule has 0 amide bonds. The van der Waals surface area contributed by atoms with Crippen molar-refractivity contribution in [3.8, 4) is 12.3 Å². The van der Waals surface area contributed by atoms with Gasteiger partial charge in [0.1, 0.15) is 0 Å². The molecular weight excluding hydrogens is 238 g/mol. The number of fused-ring (bicyclic) bond motifs is 1. The van der Waals surface area contributed by atoms with E-state index < -0.39 is 0 Å². The van der Waals surface area contributed by atoms with Crippen LogP contribution in [0.15, 0.2) is 16.9 Å². The van der Waals surface area contributed by atoms with Gasteiger partial charge in [0.05, 0.1) is 16.6 Å². The van der Waals surface area contributed by atoms with Gasteiger partial charge < -0.3 is 10.3 Å². The van der Waals surface area contributed by atoms with Gasteiger partial charge in [0.2, 0.25) is 0 Å². The molecule has 0 bridgehead atoms. The number of H-pyrrole nitrogens is 1. The number of aromatic nitrogens is 2. The minimum Gasteiger partial charge on any atom is -0.317 e. The van der Waals surface area contributed by atoms with E-state index in [0.29, 0.717) is 5.92 Å². The standard InChI is InChI=1S/C15H17N3O/c1-3-11-12(10-6-8-16-9-7-10)4-5-13-14(11)18(2)15(19)17-13/h1,4-5,10,16H,6-9H2,2H3,(H,17,19). The summed E-state index contributed by atoms with van der Waals surface area (Å²) in [6, 6.07) is 4.04. The first kappa shape index (κ1) is 12.1. The van der Waals surface area contributed by atoms with Crippen molar-refractivity contribution in [2.24, 2.45) is 7.05 Å². The molecule has 1 aromatic carbocycles. The fourth-order valence-corrected chi connectivity index (χ4v) is 2.98. The van der Waals surface area contributed by atoms with Crippen LogP contribution in [0.4, 0.5) is 0 Å². The molecule has 0 radical (unpaired) electrons. The van der Waals surface area contributed by atoms with Gasteiger partial charge in [0.15, 0.2) is 0 Å². The van der Waals surface area contributed by atoms with E-state index in [4.69, 9.17) is 6.42 Å². The molecule has 1 fully saturated rings. The van der Waals surface area contributed by atoms with Gasteiger partial charge in [-0.3, -0.25) is 4.57 Å². The summed E-state index contributed by atoms with van der Waals surface area (Å²) < 4.78 is 1.61. The number of hydrogen-bond acceptors (Lipinski definition) is 2. The van der Waals surface area contributed by atoms with Gasteiger partial charge in [0, 0.05) is 7.05 Å². The second kappa shape index (κ2) is 4.60. The molecular formula is C15H17N3O. The summed E-state index contributed by atoms with van der Waals surface area (Å²) in [5.74, 6) is 3.28. The topological polar surface area (TPSA) is 49.8 Å². The van der Waals surface area contributed by atoms with Gasteiger partial charge in [-0.15, -0.1) is 6.42 Å². The molecule has 3 rings (SSSR count). The fourth-order valence-electron chi connectivity index (χ4n) is 2.98. The van der Waals surface area contributed by atoms with Crippen LogP contribution in [0, 0.1) is 12.3 Å². The maximum atomic E-state index is 11.7. The molecule has 4 heteroatoms. The maximum Gasteiger partial charge on any atom is 0.326 e. The van der Waals surface area contributed by atoms with Crippen LogP contribution in [0.1, 0.15) is 29.9 Å². The molecule has 2 N–H and O–H groups in total. The van der Waals surface area contributed by atoms with Gasteiger partial charge in [0.25, 0.3) is 0 Å². The molecule has 1 aliphatic rings. The number of nitrogens with one attached hydrogen (secondary N) is 2. The maximum absolute atomic E-state index is 11.7. The Kier molecular flexibility index (Phi) is 2.92. The summed E-state index contributed by atoms with van der Waals surface area (Å²) in [6.07, 6.45) is 7.90. The van der Waals surface area contributed by atoms with Crippen molar-refractivity contribution in [3.63, 3.8) is 0 Å². The van der Waals surface area contributed by atoms with Gasteiger partial charge in [-0.2, -0.15) is 0 Å². The van der Waals surface area contributed by atoms with E-state index in [1.807, 2.05) is 6.07 Å². The minimum atomic E-state index is -0.117. The van der Waals surface area contributed by atoms with Crippen molar-refractivity contribution in [3.05, 3.63) is 33.7 Å². The van der Waals surface area contributed by atoms with Gasteiger partial charge in [-0.05, 0) is 43.5 Å². The lowest BCUT2D eigenvalue weighted by Crippen LogP contribution is -2.27. The van der Waals surface area contributed by atoms with Crippen LogP contribution in [-0.4, -0.2) is 22.6 Å². The van der Waals surface area contributed by atoms with Crippen LogP contribution in [-0.2, 0) is 7.05 Å². The van der Waals surface area contributed by atoms with Gasteiger partial charge >= 0.3 is 5.69 Å². The number of piperidine rings is 1. The van der Waals surface area contributed by atoms with Gasteiger partial charge in [-0.1, -0.05) is 12.0 Å². The Morgan fingerprint density at radius 2 is 2.11 bits per heavy atom. The van der Waals surface area contributed by atoms with Crippen LogP contribution in [0.5, 0.6) is 0 Å². The van der Waals surface area contributed by atoms with E-state index in [9.17, 15) is 4.79 Å². The zero-order valence-corrected chi connectivity index (χ0v) is 11.0. The molecule has 2 heterocycles. The fraction of sp³-hybridized carbons (Fsp3) is 0.400. The molecule has 2 aromatic rings. The normalized spacial score (nSPS) is 16.6. The zero-order chi connectivity index (χ0) is 13.4. The molecule has 1 aromatic heterocycles. The highest BCUT2D eigenvalue weighted by Crippen LogP contribution is 2.31. The molecule has 98 valence electrons. The number of hydrogen-bond donors (Lipinski definition) is 2. The third kappa shape index (κ3) is 1.87. The van der Waals surface area contributed by atoms with Crippen LogP contribution in [0.25, 0.3) is 11.0 Å². The number of imidazole rings is 1. The highest BCUT2D eigenvalue weighted by atomic mass is 16.1. The highest BCUT2D eigenvalue weighted by Gasteiger charge is 2.20. The van der Waals surface area contributed by atoms with Crippen LogP contribution >= 0.6 is 0 Å². The third-order valence-corrected chi connectivity index (χ3v) is 4.02. The number of rotatable bonds is 1. The Balaban J connectivity index is 2.23. The summed E-state index contributed by atoms with van der Waals surface area (Å²) in [5.41, 5.74) is 3.62. The molecule has 0 unspecified atom stereocenters. The summed E-state index contributed by atoms with van der Waals surface area (Å²) in [5, 5.41) is 3.36. The Bertz CT molecular complexity index is 711. The molecule has 0 spiro atoms. The second-order valence-electron chi connectivity index (χ2n) is 5.08. The largest absolute Gasteiger partial charge is 0.326 e. The van der Waals surface area contributed by atoms with E-state index in [2.05, 4.69) is 22.3 Å². The molecule has 1 aliphatic heterocycles. The first-order valence-electron chi connectivity index (χ1n) is 6.61.